The van der Waals surface area contributed by atoms with Crippen molar-refractivity contribution in [3.8, 4) is 11.5 Å². The predicted octanol–water partition coefficient (Wildman–Crippen LogP) is 1.73. The fourth-order valence-corrected chi connectivity index (χ4v) is 1.59. The summed E-state index contributed by atoms with van der Waals surface area (Å²) in [6.07, 6.45) is 0. The van der Waals surface area contributed by atoms with E-state index in [1.807, 2.05) is 0 Å². The molecule has 5 nitrogen and oxygen atoms in total. The molecule has 1 N–H and O–H groups in total. The molecule has 0 aliphatic heterocycles. The van der Waals surface area contributed by atoms with Crippen LogP contribution in [0.1, 0.15) is 12.5 Å². The normalized spacial score (nSPS) is 10.5. The van der Waals surface area contributed by atoms with Gasteiger partial charge in [-0.05, 0) is 19.1 Å². The van der Waals surface area contributed by atoms with Crippen molar-refractivity contribution in [2.45, 2.75) is 13.8 Å². The van der Waals surface area contributed by atoms with Crippen molar-refractivity contribution in [3.63, 3.8) is 0 Å². The number of carbonyl (C=O) groups is 1. The second kappa shape index (κ2) is 3.93. The van der Waals surface area contributed by atoms with Gasteiger partial charge in [-0.1, -0.05) is 0 Å². The first kappa shape index (κ1) is 11.2. The van der Waals surface area contributed by atoms with Crippen LogP contribution in [0.3, 0.4) is 0 Å². The number of phenolic OH excluding ortho intramolecular Hbond substituents is 1. The van der Waals surface area contributed by atoms with Crippen LogP contribution in [-0.4, -0.2) is 11.1 Å². The highest BCUT2D eigenvalue weighted by molar-refractivity contribution is 5.84. The van der Waals surface area contributed by atoms with Crippen LogP contribution in [-0.2, 0) is 4.79 Å². The van der Waals surface area contributed by atoms with Gasteiger partial charge in [0.25, 0.3) is 0 Å². The van der Waals surface area contributed by atoms with Crippen molar-refractivity contribution >= 4 is 16.9 Å². The quantitative estimate of drug-likeness (QED) is 0.600. The minimum absolute atomic E-state index is 0.000265. The first-order valence-corrected chi connectivity index (χ1v) is 4.94. The van der Waals surface area contributed by atoms with E-state index < -0.39 is 11.6 Å². The summed E-state index contributed by atoms with van der Waals surface area (Å²) in [4.78, 5) is 22.4. The van der Waals surface area contributed by atoms with E-state index in [-0.39, 0.29) is 17.1 Å². The van der Waals surface area contributed by atoms with Gasteiger partial charge in [0.1, 0.15) is 11.3 Å². The molecule has 0 aliphatic rings. The van der Waals surface area contributed by atoms with Crippen LogP contribution >= 0.6 is 0 Å². The largest absolute Gasteiger partial charge is 0.508 e. The highest BCUT2D eigenvalue weighted by atomic mass is 16.5. The monoisotopic (exact) mass is 234 g/mol. The van der Waals surface area contributed by atoms with Gasteiger partial charge >= 0.3 is 11.6 Å². The molecule has 0 bridgehead atoms. The molecule has 17 heavy (non-hydrogen) atoms. The highest BCUT2D eigenvalue weighted by Gasteiger charge is 2.14. The molecule has 0 amide bonds. The van der Waals surface area contributed by atoms with Crippen LogP contribution in [0.25, 0.3) is 11.0 Å². The molecule has 5 heteroatoms. The molecule has 0 aliphatic carbocycles. The fraction of sp³-hybridized carbons (Fsp3) is 0.167. The smallest absolute Gasteiger partial charge is 0.380 e. The molecule has 0 radical (unpaired) electrons. The first-order valence-electron chi connectivity index (χ1n) is 4.94. The van der Waals surface area contributed by atoms with Crippen molar-refractivity contribution in [1.29, 1.82) is 0 Å². The molecule has 88 valence electrons. The minimum Gasteiger partial charge on any atom is -0.508 e. The zero-order chi connectivity index (χ0) is 12.6. The Kier molecular flexibility index (Phi) is 2.59. The molecule has 0 spiro atoms. The molecule has 0 atom stereocenters. The van der Waals surface area contributed by atoms with E-state index in [1.54, 1.807) is 13.0 Å². The van der Waals surface area contributed by atoms with Crippen molar-refractivity contribution < 1.29 is 19.1 Å². The van der Waals surface area contributed by atoms with Crippen LogP contribution in [0.2, 0.25) is 0 Å². The van der Waals surface area contributed by atoms with Gasteiger partial charge in [0.05, 0.1) is 0 Å². The number of benzene rings is 1. The van der Waals surface area contributed by atoms with Gasteiger partial charge in [0.15, 0.2) is 0 Å². The standard InChI is InChI=1S/C12H10O5/c1-6-9-4-3-8(14)5-10(9)17-12(15)11(6)16-7(2)13/h3-5,14H,1-2H3. The molecule has 0 fully saturated rings. The summed E-state index contributed by atoms with van der Waals surface area (Å²) in [5.74, 6) is -0.700. The van der Waals surface area contributed by atoms with Gasteiger partial charge in [0, 0.05) is 23.9 Å². The van der Waals surface area contributed by atoms with Crippen LogP contribution in [0.5, 0.6) is 11.5 Å². The average Bonchev–Trinajstić information content (AvgIpc) is 2.23. The lowest BCUT2D eigenvalue weighted by molar-refractivity contribution is -0.132. The van der Waals surface area contributed by atoms with E-state index in [1.165, 1.54) is 19.1 Å². The van der Waals surface area contributed by atoms with Crippen molar-refractivity contribution in [1.82, 2.24) is 0 Å². The van der Waals surface area contributed by atoms with Crippen LogP contribution < -0.4 is 10.4 Å². The lowest BCUT2D eigenvalue weighted by atomic mass is 10.1. The number of phenols is 1. The number of hydrogen-bond acceptors (Lipinski definition) is 5. The Morgan fingerprint density at radius 3 is 2.76 bits per heavy atom. The summed E-state index contributed by atoms with van der Waals surface area (Å²) in [5.41, 5.74) is 0.0191. The molecule has 1 aromatic heterocycles. The summed E-state index contributed by atoms with van der Waals surface area (Å²) < 4.78 is 9.77. The Morgan fingerprint density at radius 2 is 2.12 bits per heavy atom. The van der Waals surface area contributed by atoms with Crippen LogP contribution in [0, 0.1) is 6.92 Å². The number of aryl methyl sites for hydroxylation is 1. The summed E-state index contributed by atoms with van der Waals surface area (Å²) in [7, 11) is 0. The first-order chi connectivity index (χ1) is 7.99. The topological polar surface area (TPSA) is 76.7 Å². The number of esters is 1. The van der Waals surface area contributed by atoms with Gasteiger partial charge in [-0.3, -0.25) is 4.79 Å². The van der Waals surface area contributed by atoms with Crippen LogP contribution in [0.4, 0.5) is 0 Å². The van der Waals surface area contributed by atoms with E-state index >= 15 is 0 Å². The summed E-state index contributed by atoms with van der Waals surface area (Å²) >= 11 is 0. The van der Waals surface area contributed by atoms with Gasteiger partial charge < -0.3 is 14.3 Å². The highest BCUT2D eigenvalue weighted by Crippen LogP contribution is 2.26. The molecule has 0 unspecified atom stereocenters. The third-order valence-corrected chi connectivity index (χ3v) is 2.34. The van der Waals surface area contributed by atoms with Crippen LogP contribution in [0.15, 0.2) is 27.4 Å². The number of hydrogen-bond donors (Lipinski definition) is 1. The number of rotatable bonds is 1. The van der Waals surface area contributed by atoms with Gasteiger partial charge in [-0.2, -0.15) is 0 Å². The van der Waals surface area contributed by atoms with E-state index in [0.29, 0.717) is 10.9 Å². The van der Waals surface area contributed by atoms with E-state index in [0.717, 1.165) is 0 Å². The van der Waals surface area contributed by atoms with E-state index in [4.69, 9.17) is 9.15 Å². The molecule has 2 rings (SSSR count). The molecular weight excluding hydrogens is 224 g/mol. The molecular formula is C12H10O5. The van der Waals surface area contributed by atoms with Crippen molar-refractivity contribution in [2.75, 3.05) is 0 Å². The number of aromatic hydroxyl groups is 1. The zero-order valence-corrected chi connectivity index (χ0v) is 9.31. The SMILES string of the molecule is CC(=O)Oc1c(C)c2ccc(O)cc2oc1=O. The summed E-state index contributed by atoms with van der Waals surface area (Å²) in [5, 5.41) is 9.89. The van der Waals surface area contributed by atoms with Gasteiger partial charge in [0.2, 0.25) is 5.75 Å². The number of ether oxygens (including phenoxy) is 1. The van der Waals surface area contributed by atoms with Crippen molar-refractivity contribution in [3.05, 3.63) is 34.2 Å². The maximum absolute atomic E-state index is 11.6. The maximum atomic E-state index is 11.6. The average molecular weight is 234 g/mol. The Bertz CT molecular complexity index is 654. The maximum Gasteiger partial charge on any atom is 0.380 e. The van der Waals surface area contributed by atoms with E-state index in [9.17, 15) is 14.7 Å². The van der Waals surface area contributed by atoms with E-state index in [2.05, 4.69) is 0 Å². The Labute approximate surface area is 96.2 Å². The zero-order valence-electron chi connectivity index (χ0n) is 9.31. The number of fused-ring (bicyclic) bond motifs is 1. The Hall–Kier alpha value is -2.30. The third kappa shape index (κ3) is 1.99. The molecule has 2 aromatic rings. The second-order valence-corrected chi connectivity index (χ2v) is 3.62. The third-order valence-electron chi connectivity index (χ3n) is 2.34. The molecule has 1 heterocycles. The second-order valence-electron chi connectivity index (χ2n) is 3.62. The Balaban J connectivity index is 2.76. The van der Waals surface area contributed by atoms with Gasteiger partial charge in [-0.15, -0.1) is 0 Å². The lowest BCUT2D eigenvalue weighted by Gasteiger charge is -2.06. The Morgan fingerprint density at radius 1 is 1.41 bits per heavy atom. The minimum atomic E-state index is -0.740. The number of carbonyl (C=O) groups excluding carboxylic acids is 1. The summed E-state index contributed by atoms with van der Waals surface area (Å²) in [6, 6.07) is 4.39. The molecule has 0 saturated carbocycles. The fourth-order valence-electron chi connectivity index (χ4n) is 1.59. The molecule has 1 aromatic carbocycles. The summed E-state index contributed by atoms with van der Waals surface area (Å²) in [6.45, 7) is 2.86. The van der Waals surface area contributed by atoms with Gasteiger partial charge in [-0.25, -0.2) is 4.79 Å². The lowest BCUT2D eigenvalue weighted by Crippen LogP contribution is -2.12. The predicted molar refractivity (Wildman–Crippen MR) is 60.2 cm³/mol. The van der Waals surface area contributed by atoms with Crippen molar-refractivity contribution in [2.24, 2.45) is 0 Å². The molecule has 0 saturated heterocycles.